The highest BCUT2D eigenvalue weighted by atomic mass is 127. The molecule has 1 aromatic carbocycles. The average Bonchev–Trinajstić information content (AvgIpc) is 2.85. The maximum Gasteiger partial charge on any atom is 0.269 e. The SMILES string of the molecule is COc1cnc2c(c1)c(I)cn2S(=O)(=O)c1ccc(C)cc1. The molecule has 2 heterocycles. The van der Waals surface area contributed by atoms with E-state index in [4.69, 9.17) is 4.74 Å². The van der Waals surface area contributed by atoms with Crippen molar-refractivity contribution in [3.05, 3.63) is 51.9 Å². The van der Waals surface area contributed by atoms with E-state index in [0.29, 0.717) is 11.4 Å². The standard InChI is InChI=1S/C15H13IN2O3S/c1-10-3-5-12(6-4-10)22(19,20)18-9-14(16)13-7-11(21-2)8-17-15(13)18/h3-9H,1-2H3. The Labute approximate surface area is 142 Å². The first-order valence-corrected chi connectivity index (χ1v) is 8.98. The molecule has 0 amide bonds. The Bertz CT molecular complexity index is 947. The molecule has 0 atom stereocenters. The van der Waals surface area contributed by atoms with E-state index in [9.17, 15) is 8.42 Å². The number of fused-ring (bicyclic) bond motifs is 1. The van der Waals surface area contributed by atoms with Gasteiger partial charge in [-0.05, 0) is 47.7 Å². The van der Waals surface area contributed by atoms with Gasteiger partial charge in [-0.3, -0.25) is 0 Å². The van der Waals surface area contributed by atoms with Gasteiger partial charge in [0.2, 0.25) is 0 Å². The van der Waals surface area contributed by atoms with Crippen LogP contribution in [0.25, 0.3) is 11.0 Å². The number of rotatable bonds is 3. The molecule has 0 saturated carbocycles. The van der Waals surface area contributed by atoms with Crippen LogP contribution in [0.4, 0.5) is 0 Å². The second-order valence-electron chi connectivity index (χ2n) is 4.84. The Balaban J connectivity index is 2.23. The molecule has 0 radical (unpaired) electrons. The molecule has 0 bridgehead atoms. The molecule has 5 nitrogen and oxygen atoms in total. The molecular formula is C15H13IN2O3S. The Kier molecular flexibility index (Phi) is 3.85. The minimum atomic E-state index is -3.67. The lowest BCUT2D eigenvalue weighted by Crippen LogP contribution is -2.12. The monoisotopic (exact) mass is 428 g/mol. The zero-order valence-corrected chi connectivity index (χ0v) is 14.9. The quantitative estimate of drug-likeness (QED) is 0.602. The van der Waals surface area contributed by atoms with Crippen molar-refractivity contribution in [2.45, 2.75) is 11.8 Å². The number of pyridine rings is 1. The minimum absolute atomic E-state index is 0.240. The second-order valence-corrected chi connectivity index (χ2v) is 7.81. The summed E-state index contributed by atoms with van der Waals surface area (Å²) in [7, 11) is -2.12. The van der Waals surface area contributed by atoms with Crippen LogP contribution < -0.4 is 4.74 Å². The predicted octanol–water partition coefficient (Wildman–Crippen LogP) is 3.19. The number of methoxy groups -OCH3 is 1. The van der Waals surface area contributed by atoms with Crippen LogP contribution >= 0.6 is 22.6 Å². The number of ether oxygens (including phenoxy) is 1. The highest BCUT2D eigenvalue weighted by Crippen LogP contribution is 2.28. The molecule has 0 unspecified atom stereocenters. The van der Waals surface area contributed by atoms with Gasteiger partial charge in [0.1, 0.15) is 5.75 Å². The van der Waals surface area contributed by atoms with E-state index in [1.165, 1.54) is 10.2 Å². The zero-order valence-electron chi connectivity index (χ0n) is 11.9. The molecule has 0 N–H and O–H groups in total. The Morgan fingerprint density at radius 3 is 2.55 bits per heavy atom. The van der Waals surface area contributed by atoms with Gasteiger partial charge in [-0.25, -0.2) is 17.4 Å². The summed E-state index contributed by atoms with van der Waals surface area (Å²) in [6.07, 6.45) is 3.09. The number of aryl methyl sites for hydroxylation is 1. The van der Waals surface area contributed by atoms with Gasteiger partial charge in [-0.1, -0.05) is 17.7 Å². The lowest BCUT2D eigenvalue weighted by atomic mass is 10.2. The van der Waals surface area contributed by atoms with Gasteiger partial charge in [-0.2, -0.15) is 0 Å². The molecule has 22 heavy (non-hydrogen) atoms. The molecule has 3 rings (SSSR count). The fraction of sp³-hybridized carbons (Fsp3) is 0.133. The summed E-state index contributed by atoms with van der Waals surface area (Å²) in [6, 6.07) is 8.55. The molecule has 0 aliphatic carbocycles. The lowest BCUT2D eigenvalue weighted by Gasteiger charge is -2.07. The normalized spacial score (nSPS) is 11.8. The number of aromatic nitrogens is 2. The summed E-state index contributed by atoms with van der Waals surface area (Å²) in [5, 5.41) is 0.746. The fourth-order valence-electron chi connectivity index (χ4n) is 2.14. The molecule has 0 saturated heterocycles. The summed E-state index contributed by atoms with van der Waals surface area (Å²) < 4.78 is 32.8. The third-order valence-electron chi connectivity index (χ3n) is 3.35. The topological polar surface area (TPSA) is 61.2 Å². The Hall–Kier alpha value is -1.61. The van der Waals surface area contributed by atoms with Crippen LogP contribution in [0.15, 0.2) is 47.6 Å². The zero-order chi connectivity index (χ0) is 15.9. The molecule has 2 aromatic heterocycles. The van der Waals surface area contributed by atoms with Crippen molar-refractivity contribution < 1.29 is 13.2 Å². The van der Waals surface area contributed by atoms with Crippen molar-refractivity contribution in [3.63, 3.8) is 0 Å². The van der Waals surface area contributed by atoms with Crippen molar-refractivity contribution in [1.82, 2.24) is 8.96 Å². The van der Waals surface area contributed by atoms with Crippen molar-refractivity contribution in [2.75, 3.05) is 7.11 Å². The Morgan fingerprint density at radius 2 is 1.91 bits per heavy atom. The third-order valence-corrected chi connectivity index (χ3v) is 5.88. The highest BCUT2D eigenvalue weighted by Gasteiger charge is 2.21. The van der Waals surface area contributed by atoms with Crippen molar-refractivity contribution in [2.24, 2.45) is 0 Å². The van der Waals surface area contributed by atoms with Crippen molar-refractivity contribution >= 4 is 43.6 Å². The van der Waals surface area contributed by atoms with Crippen LogP contribution in [0.1, 0.15) is 5.56 Å². The lowest BCUT2D eigenvalue weighted by molar-refractivity contribution is 0.413. The number of hydrogen-bond acceptors (Lipinski definition) is 4. The second kappa shape index (κ2) is 5.54. The summed E-state index contributed by atoms with van der Waals surface area (Å²) in [6.45, 7) is 1.91. The average molecular weight is 428 g/mol. The van der Waals surface area contributed by atoms with Crippen LogP contribution in [-0.2, 0) is 10.0 Å². The van der Waals surface area contributed by atoms with E-state index in [0.717, 1.165) is 14.5 Å². The Morgan fingerprint density at radius 1 is 1.23 bits per heavy atom. The summed E-state index contributed by atoms with van der Waals surface area (Å²) in [5.41, 5.74) is 1.40. The first kappa shape index (κ1) is 15.3. The van der Waals surface area contributed by atoms with Gasteiger partial charge in [0.05, 0.1) is 18.2 Å². The number of benzene rings is 1. The van der Waals surface area contributed by atoms with Crippen LogP contribution in [0.5, 0.6) is 5.75 Å². The highest BCUT2D eigenvalue weighted by molar-refractivity contribution is 14.1. The molecular weight excluding hydrogens is 415 g/mol. The third kappa shape index (κ3) is 2.48. The van der Waals surface area contributed by atoms with Crippen LogP contribution in [0.2, 0.25) is 0 Å². The van der Waals surface area contributed by atoms with Gasteiger partial charge in [0.25, 0.3) is 10.0 Å². The molecule has 0 aliphatic heterocycles. The van der Waals surface area contributed by atoms with E-state index < -0.39 is 10.0 Å². The molecule has 114 valence electrons. The smallest absolute Gasteiger partial charge is 0.269 e. The summed E-state index contributed by atoms with van der Waals surface area (Å²) in [5.74, 6) is 0.593. The van der Waals surface area contributed by atoms with Gasteiger partial charge in [-0.15, -0.1) is 0 Å². The van der Waals surface area contributed by atoms with Gasteiger partial charge in [0.15, 0.2) is 5.65 Å². The van der Waals surface area contributed by atoms with Crippen molar-refractivity contribution in [3.8, 4) is 5.75 Å². The predicted molar refractivity (Wildman–Crippen MR) is 92.8 cm³/mol. The fourth-order valence-corrected chi connectivity index (χ4v) is 4.33. The van der Waals surface area contributed by atoms with Crippen LogP contribution in [0.3, 0.4) is 0 Å². The van der Waals surface area contributed by atoms with E-state index in [2.05, 4.69) is 27.6 Å². The number of nitrogens with zero attached hydrogens (tertiary/aromatic N) is 2. The van der Waals surface area contributed by atoms with Crippen molar-refractivity contribution in [1.29, 1.82) is 0 Å². The molecule has 0 aliphatic rings. The number of halogens is 1. The molecule has 0 fully saturated rings. The minimum Gasteiger partial charge on any atom is -0.495 e. The maximum absolute atomic E-state index is 12.8. The molecule has 7 heteroatoms. The molecule has 0 spiro atoms. The largest absolute Gasteiger partial charge is 0.495 e. The summed E-state index contributed by atoms with van der Waals surface area (Å²) >= 11 is 2.10. The van der Waals surface area contributed by atoms with Crippen LogP contribution in [0, 0.1) is 10.5 Å². The van der Waals surface area contributed by atoms with E-state index in [-0.39, 0.29) is 4.90 Å². The van der Waals surface area contributed by atoms with Gasteiger partial charge >= 0.3 is 0 Å². The van der Waals surface area contributed by atoms with E-state index in [1.807, 2.05) is 6.92 Å². The van der Waals surface area contributed by atoms with Gasteiger partial charge in [0, 0.05) is 15.2 Å². The first-order chi connectivity index (χ1) is 10.4. The van der Waals surface area contributed by atoms with E-state index in [1.54, 1.807) is 43.6 Å². The van der Waals surface area contributed by atoms with E-state index >= 15 is 0 Å². The van der Waals surface area contributed by atoms with Gasteiger partial charge < -0.3 is 4.74 Å². The molecule has 3 aromatic rings. The van der Waals surface area contributed by atoms with Crippen LogP contribution in [-0.4, -0.2) is 24.5 Å². The first-order valence-electron chi connectivity index (χ1n) is 6.46. The maximum atomic E-state index is 12.8. The number of hydrogen-bond donors (Lipinski definition) is 0. The summed E-state index contributed by atoms with van der Waals surface area (Å²) in [4.78, 5) is 4.48.